The zero-order chi connectivity index (χ0) is 15.5. The Morgan fingerprint density at radius 1 is 1.19 bits per heavy atom. The van der Waals surface area contributed by atoms with Gasteiger partial charge in [-0.2, -0.15) is 5.26 Å². The molecule has 21 heavy (non-hydrogen) atoms. The highest BCUT2D eigenvalue weighted by Crippen LogP contribution is 2.35. The predicted molar refractivity (Wildman–Crippen MR) is 83.5 cm³/mol. The third-order valence-electron chi connectivity index (χ3n) is 3.33. The number of rotatable bonds is 3. The van der Waals surface area contributed by atoms with Gasteiger partial charge in [-0.1, -0.05) is 39.8 Å². The molecule has 0 amide bonds. The van der Waals surface area contributed by atoms with Crippen molar-refractivity contribution in [2.24, 2.45) is 0 Å². The molecular formula is C18H20N2O. The monoisotopic (exact) mass is 280 g/mol. The molecule has 0 atom stereocenters. The number of pyridine rings is 1. The molecule has 0 aliphatic rings. The Kier molecular flexibility index (Phi) is 4.28. The third-order valence-corrected chi connectivity index (χ3v) is 3.33. The molecule has 0 saturated carbocycles. The lowest BCUT2D eigenvalue weighted by Gasteiger charge is -2.23. The summed E-state index contributed by atoms with van der Waals surface area (Å²) in [6.45, 7) is 8.65. The predicted octanol–water partition coefficient (Wildman–Crippen LogP) is 4.61. The van der Waals surface area contributed by atoms with Crippen molar-refractivity contribution in [3.05, 3.63) is 53.3 Å². The summed E-state index contributed by atoms with van der Waals surface area (Å²) < 4.78 is 5.99. The highest BCUT2D eigenvalue weighted by molar-refractivity contribution is 5.44. The van der Waals surface area contributed by atoms with Crippen LogP contribution in [0.3, 0.4) is 0 Å². The summed E-state index contributed by atoms with van der Waals surface area (Å²) in [5.74, 6) is 1.46. The Labute approximate surface area is 126 Å². The van der Waals surface area contributed by atoms with Gasteiger partial charge in [0.15, 0.2) is 0 Å². The van der Waals surface area contributed by atoms with Crippen molar-refractivity contribution in [2.45, 2.75) is 39.5 Å². The first-order chi connectivity index (χ1) is 9.94. The van der Waals surface area contributed by atoms with Crippen molar-refractivity contribution in [1.29, 1.82) is 5.26 Å². The van der Waals surface area contributed by atoms with Crippen molar-refractivity contribution in [2.75, 3.05) is 0 Å². The van der Waals surface area contributed by atoms with Crippen LogP contribution in [0.4, 0.5) is 0 Å². The number of aryl methyl sites for hydroxylation is 1. The smallest absolute Gasteiger partial charge is 0.144 e. The second-order valence-corrected chi connectivity index (χ2v) is 6.02. The van der Waals surface area contributed by atoms with Crippen LogP contribution >= 0.6 is 0 Å². The molecule has 1 aromatic heterocycles. The lowest BCUT2D eigenvalue weighted by Crippen LogP contribution is -2.13. The summed E-state index contributed by atoms with van der Waals surface area (Å²) in [5, 5.41) is 8.91. The van der Waals surface area contributed by atoms with E-state index in [2.05, 4.69) is 44.8 Å². The Bertz CT molecular complexity index is 678. The molecule has 0 N–H and O–H groups in total. The number of benzene rings is 1. The minimum Gasteiger partial charge on any atom is -0.457 e. The van der Waals surface area contributed by atoms with Crippen LogP contribution in [0.5, 0.6) is 11.5 Å². The van der Waals surface area contributed by atoms with Crippen LogP contribution in [0, 0.1) is 11.3 Å². The molecule has 0 unspecified atom stereocenters. The summed E-state index contributed by atoms with van der Waals surface area (Å²) in [6.07, 6.45) is 2.59. The summed E-state index contributed by atoms with van der Waals surface area (Å²) >= 11 is 0. The van der Waals surface area contributed by atoms with E-state index in [0.29, 0.717) is 11.4 Å². The van der Waals surface area contributed by atoms with Gasteiger partial charge in [-0.15, -0.1) is 0 Å². The van der Waals surface area contributed by atoms with Gasteiger partial charge in [0.05, 0.1) is 0 Å². The zero-order valence-electron chi connectivity index (χ0n) is 13.0. The largest absolute Gasteiger partial charge is 0.457 e. The van der Waals surface area contributed by atoms with E-state index in [1.54, 1.807) is 18.3 Å². The van der Waals surface area contributed by atoms with Gasteiger partial charge in [0.25, 0.3) is 0 Å². The van der Waals surface area contributed by atoms with Crippen LogP contribution in [0.15, 0.2) is 36.5 Å². The van der Waals surface area contributed by atoms with Gasteiger partial charge in [0.2, 0.25) is 0 Å². The molecule has 2 rings (SSSR count). The van der Waals surface area contributed by atoms with Crippen LogP contribution in [0.1, 0.15) is 44.5 Å². The summed E-state index contributed by atoms with van der Waals surface area (Å²) in [5.41, 5.74) is 2.80. The van der Waals surface area contributed by atoms with Gasteiger partial charge in [-0.25, -0.2) is 4.98 Å². The van der Waals surface area contributed by atoms with Gasteiger partial charge in [-0.3, -0.25) is 0 Å². The molecular weight excluding hydrogens is 260 g/mol. The maximum absolute atomic E-state index is 8.91. The molecule has 0 radical (unpaired) electrons. The molecule has 0 fully saturated rings. The average molecular weight is 280 g/mol. The highest BCUT2D eigenvalue weighted by atomic mass is 16.5. The van der Waals surface area contributed by atoms with Gasteiger partial charge in [-0.05, 0) is 29.5 Å². The van der Waals surface area contributed by atoms with E-state index in [9.17, 15) is 0 Å². The van der Waals surface area contributed by atoms with E-state index >= 15 is 0 Å². The summed E-state index contributed by atoms with van der Waals surface area (Å²) in [6, 6.07) is 11.7. The summed E-state index contributed by atoms with van der Waals surface area (Å²) in [7, 11) is 0. The number of hydrogen-bond donors (Lipinski definition) is 0. The first kappa shape index (κ1) is 15.1. The second-order valence-electron chi connectivity index (χ2n) is 6.02. The van der Waals surface area contributed by atoms with E-state index in [-0.39, 0.29) is 5.41 Å². The Morgan fingerprint density at radius 2 is 1.95 bits per heavy atom. The maximum Gasteiger partial charge on any atom is 0.144 e. The normalized spacial score (nSPS) is 11.0. The molecule has 0 aliphatic heterocycles. The average Bonchev–Trinajstić information content (AvgIpc) is 2.46. The van der Waals surface area contributed by atoms with Crippen LogP contribution < -0.4 is 4.74 Å². The molecule has 3 heteroatoms. The molecule has 1 heterocycles. The molecule has 2 aromatic rings. The van der Waals surface area contributed by atoms with E-state index in [4.69, 9.17) is 10.00 Å². The standard InChI is InChI=1S/C18H20N2O/c1-5-13-6-7-17(16(10-13)18(2,3)4)21-15-8-9-20-14(11-15)12-19/h6-11H,5H2,1-4H3. The van der Waals surface area contributed by atoms with E-state index in [1.165, 1.54) is 5.56 Å². The molecule has 0 bridgehead atoms. The van der Waals surface area contributed by atoms with Crippen LogP contribution in [-0.4, -0.2) is 4.98 Å². The maximum atomic E-state index is 8.91. The van der Waals surface area contributed by atoms with Crippen molar-refractivity contribution in [3.63, 3.8) is 0 Å². The Hall–Kier alpha value is -2.34. The lowest BCUT2D eigenvalue weighted by molar-refractivity contribution is 0.454. The highest BCUT2D eigenvalue weighted by Gasteiger charge is 2.20. The first-order valence-corrected chi connectivity index (χ1v) is 7.11. The SMILES string of the molecule is CCc1ccc(Oc2ccnc(C#N)c2)c(C(C)(C)C)c1. The van der Waals surface area contributed by atoms with Gasteiger partial charge >= 0.3 is 0 Å². The van der Waals surface area contributed by atoms with Crippen LogP contribution in [0.25, 0.3) is 0 Å². The minimum absolute atomic E-state index is 0.00833. The lowest BCUT2D eigenvalue weighted by atomic mass is 9.85. The quantitative estimate of drug-likeness (QED) is 0.825. The molecule has 3 nitrogen and oxygen atoms in total. The number of hydrogen-bond acceptors (Lipinski definition) is 3. The van der Waals surface area contributed by atoms with Crippen molar-refractivity contribution >= 4 is 0 Å². The topological polar surface area (TPSA) is 45.9 Å². The van der Waals surface area contributed by atoms with Crippen molar-refractivity contribution in [3.8, 4) is 17.6 Å². The first-order valence-electron chi connectivity index (χ1n) is 7.11. The van der Waals surface area contributed by atoms with E-state index in [1.807, 2.05) is 12.1 Å². The fourth-order valence-corrected chi connectivity index (χ4v) is 2.13. The Balaban J connectivity index is 2.41. The number of nitrogens with zero attached hydrogens (tertiary/aromatic N) is 2. The number of nitriles is 1. The zero-order valence-corrected chi connectivity index (χ0v) is 13.0. The van der Waals surface area contributed by atoms with Crippen LogP contribution in [-0.2, 0) is 11.8 Å². The van der Waals surface area contributed by atoms with Crippen LogP contribution in [0.2, 0.25) is 0 Å². The molecule has 0 saturated heterocycles. The second kappa shape index (κ2) is 5.97. The fourth-order valence-electron chi connectivity index (χ4n) is 2.13. The van der Waals surface area contributed by atoms with Gasteiger partial charge in [0, 0.05) is 17.8 Å². The van der Waals surface area contributed by atoms with E-state index in [0.717, 1.165) is 17.7 Å². The number of aromatic nitrogens is 1. The minimum atomic E-state index is -0.00833. The molecule has 0 spiro atoms. The molecule has 0 aliphatic carbocycles. The van der Waals surface area contributed by atoms with E-state index < -0.39 is 0 Å². The van der Waals surface area contributed by atoms with Gasteiger partial charge in [0.1, 0.15) is 23.3 Å². The van der Waals surface area contributed by atoms with Crippen molar-refractivity contribution in [1.82, 2.24) is 4.98 Å². The fraction of sp³-hybridized carbons (Fsp3) is 0.333. The summed E-state index contributed by atoms with van der Waals surface area (Å²) in [4.78, 5) is 3.96. The van der Waals surface area contributed by atoms with Crippen molar-refractivity contribution < 1.29 is 4.74 Å². The molecule has 1 aromatic carbocycles. The molecule has 108 valence electrons. The number of ether oxygens (including phenoxy) is 1. The van der Waals surface area contributed by atoms with Gasteiger partial charge < -0.3 is 4.74 Å². The third kappa shape index (κ3) is 3.61. The Morgan fingerprint density at radius 3 is 2.57 bits per heavy atom.